The molecule has 0 bridgehead atoms. The van der Waals surface area contributed by atoms with Crippen molar-refractivity contribution < 1.29 is 18.3 Å². The van der Waals surface area contributed by atoms with Crippen LogP contribution in [0.5, 0.6) is 0 Å². The number of halogens is 2. The van der Waals surface area contributed by atoms with Gasteiger partial charge in [0.05, 0.1) is 26.3 Å². The monoisotopic (exact) mass is 338 g/mol. The minimum atomic E-state index is -3.60. The van der Waals surface area contributed by atoms with Crippen molar-refractivity contribution in [1.82, 2.24) is 0 Å². The largest absolute Gasteiger partial charge is 0.478 e. The summed E-state index contributed by atoms with van der Waals surface area (Å²) in [5.74, 6) is -1.39. The average molecular weight is 339 g/mol. The quantitative estimate of drug-likeness (QED) is 0.761. The van der Waals surface area contributed by atoms with Crippen molar-refractivity contribution in [2.75, 3.05) is 5.75 Å². The smallest absolute Gasteiger partial charge is 0.338 e. The summed E-state index contributed by atoms with van der Waals surface area (Å²) in [6.07, 6.45) is 3.30. The molecule has 0 radical (unpaired) electrons. The van der Waals surface area contributed by atoms with Gasteiger partial charge < -0.3 is 5.11 Å². The summed E-state index contributed by atoms with van der Waals surface area (Å²) < 4.78 is 24.4. The van der Waals surface area contributed by atoms with E-state index >= 15 is 0 Å². The molecule has 1 aromatic carbocycles. The Hall–Kier alpha value is -0.780. The molecule has 4 nitrogen and oxygen atoms in total. The molecule has 0 aromatic heterocycles. The lowest BCUT2D eigenvalue weighted by Crippen LogP contribution is -2.10. The minimum Gasteiger partial charge on any atom is -0.478 e. The summed E-state index contributed by atoms with van der Waals surface area (Å²) in [4.78, 5) is 10.9. The normalized spacial score (nSPS) is 11.6. The predicted molar refractivity (Wildman–Crippen MR) is 79.6 cm³/mol. The van der Waals surface area contributed by atoms with Crippen LogP contribution in [0.15, 0.2) is 17.0 Å². The summed E-state index contributed by atoms with van der Waals surface area (Å²) in [5, 5.41) is 8.62. The maximum Gasteiger partial charge on any atom is 0.338 e. The van der Waals surface area contributed by atoms with E-state index in [0.29, 0.717) is 6.42 Å². The number of aromatic carboxylic acids is 1. The maximum atomic E-state index is 12.2. The number of sulfone groups is 1. The first-order valence-corrected chi connectivity index (χ1v) is 8.66. The lowest BCUT2D eigenvalue weighted by Gasteiger charge is -2.09. The fourth-order valence-electron chi connectivity index (χ4n) is 1.80. The highest BCUT2D eigenvalue weighted by Crippen LogP contribution is 2.32. The molecule has 1 N–H and O–H groups in total. The van der Waals surface area contributed by atoms with Crippen molar-refractivity contribution in [2.45, 2.75) is 37.5 Å². The number of carboxylic acid groups (broad SMARTS) is 1. The Morgan fingerprint density at radius 2 is 1.85 bits per heavy atom. The Morgan fingerprint density at radius 1 is 1.20 bits per heavy atom. The van der Waals surface area contributed by atoms with Gasteiger partial charge in [-0.05, 0) is 18.6 Å². The van der Waals surface area contributed by atoms with E-state index in [9.17, 15) is 13.2 Å². The third kappa shape index (κ3) is 4.11. The Morgan fingerprint density at radius 3 is 2.40 bits per heavy atom. The SMILES string of the molecule is CCCCCCS(=O)(=O)c1ccc(Cl)c(C(=O)O)c1Cl. The molecule has 112 valence electrons. The van der Waals surface area contributed by atoms with Gasteiger partial charge in [-0.15, -0.1) is 0 Å². The van der Waals surface area contributed by atoms with E-state index in [1.807, 2.05) is 6.92 Å². The number of rotatable bonds is 7. The van der Waals surface area contributed by atoms with Gasteiger partial charge in [-0.25, -0.2) is 13.2 Å². The molecular weight excluding hydrogens is 323 g/mol. The van der Waals surface area contributed by atoms with Gasteiger partial charge in [-0.1, -0.05) is 49.4 Å². The topological polar surface area (TPSA) is 71.4 Å². The van der Waals surface area contributed by atoms with Crippen LogP contribution in [0.1, 0.15) is 43.0 Å². The van der Waals surface area contributed by atoms with Crippen molar-refractivity contribution in [2.24, 2.45) is 0 Å². The lowest BCUT2D eigenvalue weighted by atomic mass is 10.2. The van der Waals surface area contributed by atoms with Crippen molar-refractivity contribution in [3.63, 3.8) is 0 Å². The van der Waals surface area contributed by atoms with Crippen LogP contribution in [0.25, 0.3) is 0 Å². The summed E-state index contributed by atoms with van der Waals surface area (Å²) in [6.45, 7) is 2.03. The van der Waals surface area contributed by atoms with Crippen molar-refractivity contribution in [1.29, 1.82) is 0 Å². The number of benzene rings is 1. The third-order valence-corrected chi connectivity index (χ3v) is 5.53. The van der Waals surface area contributed by atoms with Gasteiger partial charge in [-0.2, -0.15) is 0 Å². The van der Waals surface area contributed by atoms with Gasteiger partial charge in [0, 0.05) is 0 Å². The highest BCUT2D eigenvalue weighted by Gasteiger charge is 2.24. The van der Waals surface area contributed by atoms with Crippen LogP contribution in [0, 0.1) is 0 Å². The van der Waals surface area contributed by atoms with Gasteiger partial charge in [0.1, 0.15) is 0 Å². The molecule has 0 heterocycles. The van der Waals surface area contributed by atoms with E-state index in [1.165, 1.54) is 12.1 Å². The summed E-state index contributed by atoms with van der Waals surface area (Å²) >= 11 is 11.6. The Balaban J connectivity index is 3.07. The van der Waals surface area contributed by atoms with Crippen LogP contribution >= 0.6 is 23.2 Å². The second-order valence-corrected chi connectivity index (χ2v) is 7.28. The van der Waals surface area contributed by atoms with E-state index in [0.717, 1.165) is 19.3 Å². The number of unbranched alkanes of at least 4 members (excludes halogenated alkanes) is 3. The zero-order valence-electron chi connectivity index (χ0n) is 11.0. The first-order valence-electron chi connectivity index (χ1n) is 6.25. The van der Waals surface area contributed by atoms with E-state index in [2.05, 4.69) is 0 Å². The van der Waals surface area contributed by atoms with Gasteiger partial charge in [0.25, 0.3) is 0 Å². The highest BCUT2D eigenvalue weighted by atomic mass is 35.5. The van der Waals surface area contributed by atoms with Crippen LogP contribution in [0.4, 0.5) is 0 Å². The molecule has 0 fully saturated rings. The molecule has 7 heteroatoms. The van der Waals surface area contributed by atoms with E-state index in [4.69, 9.17) is 28.3 Å². The van der Waals surface area contributed by atoms with Crippen molar-refractivity contribution >= 4 is 39.0 Å². The second-order valence-electron chi connectivity index (χ2n) is 4.42. The number of carbonyl (C=O) groups is 1. The fraction of sp³-hybridized carbons (Fsp3) is 0.462. The predicted octanol–water partition coefficient (Wildman–Crippen LogP) is 4.05. The van der Waals surface area contributed by atoms with Crippen molar-refractivity contribution in [3.8, 4) is 0 Å². The van der Waals surface area contributed by atoms with E-state index in [1.54, 1.807) is 0 Å². The fourth-order valence-corrected chi connectivity index (χ4v) is 4.14. The van der Waals surface area contributed by atoms with Crippen LogP contribution < -0.4 is 0 Å². The van der Waals surface area contributed by atoms with Gasteiger partial charge in [0.15, 0.2) is 9.84 Å². The van der Waals surface area contributed by atoms with Crippen LogP contribution in [-0.4, -0.2) is 25.2 Å². The third-order valence-electron chi connectivity index (χ3n) is 2.87. The minimum absolute atomic E-state index is 0.0482. The Labute approximate surface area is 128 Å². The number of hydrogen-bond donors (Lipinski definition) is 1. The molecule has 1 rings (SSSR count). The van der Waals surface area contributed by atoms with Crippen LogP contribution in [0.2, 0.25) is 10.0 Å². The molecular formula is C13H16Cl2O4S. The van der Waals surface area contributed by atoms with E-state index < -0.39 is 15.8 Å². The summed E-state index contributed by atoms with van der Waals surface area (Å²) in [6, 6.07) is 2.50. The molecule has 0 unspecified atom stereocenters. The van der Waals surface area contributed by atoms with Crippen LogP contribution in [0.3, 0.4) is 0 Å². The zero-order chi connectivity index (χ0) is 15.3. The lowest BCUT2D eigenvalue weighted by molar-refractivity contribution is 0.0697. The number of carboxylic acids is 1. The first-order chi connectivity index (χ1) is 9.31. The molecule has 0 spiro atoms. The van der Waals surface area contributed by atoms with E-state index in [-0.39, 0.29) is 26.3 Å². The highest BCUT2D eigenvalue weighted by molar-refractivity contribution is 7.91. The number of hydrogen-bond acceptors (Lipinski definition) is 3. The molecule has 0 amide bonds. The summed E-state index contributed by atoms with van der Waals surface area (Å²) in [7, 11) is -3.60. The van der Waals surface area contributed by atoms with Crippen molar-refractivity contribution in [3.05, 3.63) is 27.7 Å². The molecule has 0 aliphatic rings. The molecule has 0 aliphatic carbocycles. The average Bonchev–Trinajstić information content (AvgIpc) is 2.34. The molecule has 0 atom stereocenters. The molecule has 0 saturated heterocycles. The van der Waals surface area contributed by atoms with Crippen LogP contribution in [-0.2, 0) is 9.84 Å². The van der Waals surface area contributed by atoms with Gasteiger partial charge in [0.2, 0.25) is 0 Å². The summed E-state index contributed by atoms with van der Waals surface area (Å²) in [5.41, 5.74) is -0.372. The molecule has 20 heavy (non-hydrogen) atoms. The molecule has 0 aliphatic heterocycles. The molecule has 1 aromatic rings. The Kier molecular flexibility index (Phi) is 6.30. The zero-order valence-corrected chi connectivity index (χ0v) is 13.4. The second kappa shape index (κ2) is 7.29. The van der Waals surface area contributed by atoms with Gasteiger partial charge >= 0.3 is 5.97 Å². The Bertz CT molecular complexity index is 597. The standard InChI is InChI=1S/C13H16Cl2O4S/c1-2-3-4-5-8-20(18,19)10-7-6-9(14)11(12(10)15)13(16)17/h6-7H,2-5,8H2,1H3,(H,16,17). The molecule has 0 saturated carbocycles. The van der Waals surface area contributed by atoms with Gasteiger partial charge in [-0.3, -0.25) is 0 Å². The first kappa shape index (κ1) is 17.3. The maximum absolute atomic E-state index is 12.2.